The third-order valence-electron chi connectivity index (χ3n) is 3.75. The van der Waals surface area contributed by atoms with E-state index in [0.717, 1.165) is 6.54 Å². The largest absolute Gasteiger partial charge is 0.389 e. The van der Waals surface area contributed by atoms with Crippen molar-refractivity contribution in [3.05, 3.63) is 34.9 Å². The average molecular weight is 235 g/mol. The molecule has 0 aliphatic carbocycles. The first kappa shape index (κ1) is 14.2. The van der Waals surface area contributed by atoms with Gasteiger partial charge in [-0.3, -0.25) is 0 Å². The van der Waals surface area contributed by atoms with Crippen LogP contribution in [0.2, 0.25) is 0 Å². The standard InChI is InChI=1S/C15H25NO/c1-11-7-8-13(12(2)9-11)10-16-14(3,4)15(5,6)17/h7-9,16-17H,10H2,1-6H3. The summed E-state index contributed by atoms with van der Waals surface area (Å²) in [5.41, 5.74) is 2.81. The van der Waals surface area contributed by atoms with Gasteiger partial charge in [-0.25, -0.2) is 0 Å². The van der Waals surface area contributed by atoms with Crippen molar-refractivity contribution >= 4 is 0 Å². The predicted octanol–water partition coefficient (Wildman–Crippen LogP) is 2.94. The maximum Gasteiger partial charge on any atom is 0.0767 e. The van der Waals surface area contributed by atoms with E-state index in [2.05, 4.69) is 37.4 Å². The maximum absolute atomic E-state index is 10.1. The SMILES string of the molecule is Cc1ccc(CNC(C)(C)C(C)(C)O)c(C)c1. The highest BCUT2D eigenvalue weighted by Crippen LogP contribution is 2.21. The van der Waals surface area contributed by atoms with Crippen LogP contribution in [0.1, 0.15) is 44.4 Å². The summed E-state index contributed by atoms with van der Waals surface area (Å²) >= 11 is 0. The lowest BCUT2D eigenvalue weighted by Gasteiger charge is -2.38. The van der Waals surface area contributed by atoms with Crippen LogP contribution in [0, 0.1) is 13.8 Å². The first-order valence-electron chi connectivity index (χ1n) is 6.17. The van der Waals surface area contributed by atoms with Gasteiger partial charge in [0, 0.05) is 12.1 Å². The van der Waals surface area contributed by atoms with Crippen molar-refractivity contribution in [2.75, 3.05) is 0 Å². The normalized spacial score (nSPS) is 12.9. The highest BCUT2D eigenvalue weighted by Gasteiger charge is 2.34. The molecule has 0 amide bonds. The van der Waals surface area contributed by atoms with E-state index in [0.29, 0.717) is 0 Å². The highest BCUT2D eigenvalue weighted by atomic mass is 16.3. The molecule has 0 aromatic heterocycles. The molecule has 0 spiro atoms. The summed E-state index contributed by atoms with van der Waals surface area (Å²) in [6.07, 6.45) is 0. The van der Waals surface area contributed by atoms with Gasteiger partial charge in [0.05, 0.1) is 5.60 Å². The number of aryl methyl sites for hydroxylation is 2. The zero-order chi connectivity index (χ0) is 13.3. The maximum atomic E-state index is 10.1. The number of hydrogen-bond acceptors (Lipinski definition) is 2. The summed E-state index contributed by atoms with van der Waals surface area (Å²) in [5.74, 6) is 0. The first-order valence-corrected chi connectivity index (χ1v) is 6.17. The van der Waals surface area contributed by atoms with Gasteiger partial charge in [0.1, 0.15) is 0 Å². The summed E-state index contributed by atoms with van der Waals surface area (Å²) in [6.45, 7) is 12.7. The van der Waals surface area contributed by atoms with E-state index in [9.17, 15) is 5.11 Å². The van der Waals surface area contributed by atoms with Gasteiger partial charge in [0.15, 0.2) is 0 Å². The molecule has 0 fully saturated rings. The molecule has 0 heterocycles. The second-order valence-electron chi connectivity index (χ2n) is 5.97. The molecule has 0 unspecified atom stereocenters. The zero-order valence-electron chi connectivity index (χ0n) is 11.9. The smallest absolute Gasteiger partial charge is 0.0767 e. The second-order valence-corrected chi connectivity index (χ2v) is 5.97. The summed E-state index contributed by atoms with van der Waals surface area (Å²) in [4.78, 5) is 0. The van der Waals surface area contributed by atoms with E-state index in [1.807, 2.05) is 27.7 Å². The van der Waals surface area contributed by atoms with Crippen LogP contribution in [0.25, 0.3) is 0 Å². The number of nitrogens with one attached hydrogen (secondary N) is 1. The van der Waals surface area contributed by atoms with Gasteiger partial charge in [0.2, 0.25) is 0 Å². The summed E-state index contributed by atoms with van der Waals surface area (Å²) in [7, 11) is 0. The Kier molecular flexibility index (Phi) is 4.00. The molecule has 96 valence electrons. The fourth-order valence-electron chi connectivity index (χ4n) is 1.58. The van der Waals surface area contributed by atoms with Crippen molar-refractivity contribution in [3.8, 4) is 0 Å². The fraction of sp³-hybridized carbons (Fsp3) is 0.600. The van der Waals surface area contributed by atoms with Gasteiger partial charge in [-0.2, -0.15) is 0 Å². The van der Waals surface area contributed by atoms with Crippen LogP contribution in [-0.2, 0) is 6.54 Å². The molecule has 2 nitrogen and oxygen atoms in total. The lowest BCUT2D eigenvalue weighted by atomic mass is 9.85. The van der Waals surface area contributed by atoms with Gasteiger partial charge in [0.25, 0.3) is 0 Å². The van der Waals surface area contributed by atoms with Gasteiger partial charge < -0.3 is 10.4 Å². The average Bonchev–Trinajstić information content (AvgIpc) is 2.14. The molecule has 1 aromatic carbocycles. The number of aliphatic hydroxyl groups is 1. The second kappa shape index (κ2) is 4.79. The van der Waals surface area contributed by atoms with E-state index in [1.54, 1.807) is 0 Å². The molecule has 1 aromatic rings. The number of rotatable bonds is 4. The van der Waals surface area contributed by atoms with Crippen molar-refractivity contribution in [3.63, 3.8) is 0 Å². The molecule has 17 heavy (non-hydrogen) atoms. The minimum Gasteiger partial charge on any atom is -0.389 e. The van der Waals surface area contributed by atoms with Crippen LogP contribution in [0.4, 0.5) is 0 Å². The Bertz CT molecular complexity index is 388. The van der Waals surface area contributed by atoms with Crippen LogP contribution in [-0.4, -0.2) is 16.2 Å². The monoisotopic (exact) mass is 235 g/mol. The molecule has 1 rings (SSSR count). The Hall–Kier alpha value is -0.860. The molecule has 0 saturated heterocycles. The van der Waals surface area contributed by atoms with E-state index >= 15 is 0 Å². The molecule has 2 heteroatoms. The number of benzene rings is 1. The summed E-state index contributed by atoms with van der Waals surface area (Å²) in [5, 5.41) is 13.5. The molecular weight excluding hydrogens is 210 g/mol. The predicted molar refractivity (Wildman–Crippen MR) is 73.1 cm³/mol. The molecule has 0 aliphatic heterocycles. The van der Waals surface area contributed by atoms with E-state index in [4.69, 9.17) is 0 Å². The van der Waals surface area contributed by atoms with Crippen LogP contribution in [0.5, 0.6) is 0 Å². The first-order chi connectivity index (χ1) is 7.63. The Morgan fingerprint density at radius 1 is 1.12 bits per heavy atom. The summed E-state index contributed by atoms with van der Waals surface area (Å²) in [6, 6.07) is 6.47. The Morgan fingerprint density at radius 2 is 1.71 bits per heavy atom. The van der Waals surface area contributed by atoms with Crippen molar-refractivity contribution < 1.29 is 5.11 Å². The lowest BCUT2D eigenvalue weighted by molar-refractivity contribution is -0.00534. The molecule has 0 aliphatic rings. The fourth-order valence-corrected chi connectivity index (χ4v) is 1.58. The van der Waals surface area contributed by atoms with Crippen molar-refractivity contribution in [2.45, 2.75) is 59.2 Å². The molecule has 0 radical (unpaired) electrons. The lowest BCUT2D eigenvalue weighted by Crippen LogP contribution is -2.55. The highest BCUT2D eigenvalue weighted by molar-refractivity contribution is 5.30. The summed E-state index contributed by atoms with van der Waals surface area (Å²) < 4.78 is 0. The molecule has 0 saturated carbocycles. The Morgan fingerprint density at radius 3 is 2.18 bits per heavy atom. The van der Waals surface area contributed by atoms with Gasteiger partial charge in [-0.15, -0.1) is 0 Å². The molecule has 0 bridgehead atoms. The van der Waals surface area contributed by atoms with E-state index in [-0.39, 0.29) is 5.54 Å². The van der Waals surface area contributed by atoms with Crippen LogP contribution in [0.3, 0.4) is 0 Å². The van der Waals surface area contributed by atoms with Crippen molar-refractivity contribution in [2.24, 2.45) is 0 Å². The third-order valence-corrected chi connectivity index (χ3v) is 3.75. The zero-order valence-corrected chi connectivity index (χ0v) is 11.9. The van der Waals surface area contributed by atoms with E-state index < -0.39 is 5.60 Å². The molecule has 0 atom stereocenters. The van der Waals surface area contributed by atoms with E-state index in [1.165, 1.54) is 16.7 Å². The minimum atomic E-state index is -0.744. The Labute approximate surface area is 105 Å². The topological polar surface area (TPSA) is 32.3 Å². The molecule has 2 N–H and O–H groups in total. The number of hydrogen-bond donors (Lipinski definition) is 2. The van der Waals surface area contributed by atoms with Crippen LogP contribution < -0.4 is 5.32 Å². The van der Waals surface area contributed by atoms with Crippen LogP contribution >= 0.6 is 0 Å². The van der Waals surface area contributed by atoms with Crippen LogP contribution in [0.15, 0.2) is 18.2 Å². The minimum absolute atomic E-state index is 0.315. The quantitative estimate of drug-likeness (QED) is 0.841. The van der Waals surface area contributed by atoms with Crippen molar-refractivity contribution in [1.82, 2.24) is 5.32 Å². The van der Waals surface area contributed by atoms with Gasteiger partial charge in [-0.05, 0) is 52.7 Å². The Balaban J connectivity index is 2.74. The van der Waals surface area contributed by atoms with Gasteiger partial charge >= 0.3 is 0 Å². The van der Waals surface area contributed by atoms with Gasteiger partial charge in [-0.1, -0.05) is 23.8 Å². The molecular formula is C15H25NO. The third kappa shape index (κ3) is 3.55. The van der Waals surface area contributed by atoms with Crippen molar-refractivity contribution in [1.29, 1.82) is 0 Å².